The molecule has 0 unspecified atom stereocenters. The Morgan fingerprint density at radius 1 is 1.17 bits per heavy atom. The maximum Gasteiger partial charge on any atom is 0.264 e. The molecule has 0 fully saturated rings. The van der Waals surface area contributed by atoms with E-state index in [-0.39, 0.29) is 22.5 Å². The lowest BCUT2D eigenvalue weighted by atomic mass is 9.86. The zero-order valence-corrected chi connectivity index (χ0v) is 14.8. The van der Waals surface area contributed by atoms with Crippen LogP contribution in [-0.4, -0.2) is 24.2 Å². The van der Waals surface area contributed by atoms with Crippen molar-refractivity contribution in [3.63, 3.8) is 0 Å². The van der Waals surface area contributed by atoms with Gasteiger partial charge in [0.1, 0.15) is 0 Å². The molecule has 1 aliphatic rings. The van der Waals surface area contributed by atoms with E-state index in [2.05, 4.69) is 14.7 Å². The van der Waals surface area contributed by atoms with Gasteiger partial charge in [-0.05, 0) is 43.5 Å². The summed E-state index contributed by atoms with van der Waals surface area (Å²) in [5, 5.41) is 0.447. The molecule has 0 spiro atoms. The van der Waals surface area contributed by atoms with Crippen molar-refractivity contribution in [3.05, 3.63) is 46.2 Å². The number of carbonyl (C=O) groups excluding carboxylic acids is 1. The molecule has 24 heavy (non-hydrogen) atoms. The zero-order valence-electron chi connectivity index (χ0n) is 13.2. The summed E-state index contributed by atoms with van der Waals surface area (Å²) in [4.78, 5) is 20.6. The van der Waals surface area contributed by atoms with E-state index in [4.69, 9.17) is 11.6 Å². The van der Waals surface area contributed by atoms with Gasteiger partial charge in [-0.1, -0.05) is 18.5 Å². The minimum Gasteiger partial charge on any atom is -0.294 e. The summed E-state index contributed by atoms with van der Waals surface area (Å²) >= 11 is 5.78. The summed E-state index contributed by atoms with van der Waals surface area (Å²) < 4.78 is 27.2. The number of rotatable bonds is 3. The number of ketones is 1. The van der Waals surface area contributed by atoms with Crippen molar-refractivity contribution >= 4 is 33.4 Å². The van der Waals surface area contributed by atoms with Crippen molar-refractivity contribution in [2.24, 2.45) is 5.92 Å². The number of halogens is 1. The van der Waals surface area contributed by atoms with E-state index < -0.39 is 10.0 Å². The molecule has 1 aliphatic carbocycles. The minimum atomic E-state index is -3.82. The summed E-state index contributed by atoms with van der Waals surface area (Å²) in [6.45, 7) is 3.66. The molecule has 1 atom stereocenters. The number of hydrogen-bond donors (Lipinski definition) is 1. The SMILES string of the molecule is Cc1nc(NS(=O)(=O)c2ccc(Cl)cc2)nc2c1C(=O)C[C@@H](C)C2. The number of hydrogen-bond acceptors (Lipinski definition) is 5. The van der Waals surface area contributed by atoms with Crippen LogP contribution in [0.25, 0.3) is 0 Å². The molecule has 1 aromatic carbocycles. The average molecular weight is 366 g/mol. The van der Waals surface area contributed by atoms with Crippen molar-refractivity contribution < 1.29 is 13.2 Å². The molecule has 6 nitrogen and oxygen atoms in total. The number of aromatic nitrogens is 2. The fraction of sp³-hybridized carbons (Fsp3) is 0.312. The number of benzene rings is 1. The molecule has 8 heteroatoms. The van der Waals surface area contributed by atoms with Gasteiger partial charge in [0.15, 0.2) is 5.78 Å². The third-order valence-electron chi connectivity index (χ3n) is 3.87. The van der Waals surface area contributed by atoms with Gasteiger partial charge in [-0.15, -0.1) is 0 Å². The molecule has 1 aromatic heterocycles. The summed E-state index contributed by atoms with van der Waals surface area (Å²) in [6, 6.07) is 5.80. The first-order valence-corrected chi connectivity index (χ1v) is 9.31. The predicted octanol–water partition coefficient (Wildman–Crippen LogP) is 3.00. The standard InChI is InChI=1S/C16H16ClN3O3S/c1-9-7-13-15(14(21)8-9)10(2)18-16(19-13)20-24(22,23)12-5-3-11(17)4-6-12/h3-6,9H,7-8H2,1-2H3,(H,18,19,20)/t9-/m0/s1. The second-order valence-corrected chi connectivity index (χ2v) is 8.07. The highest BCUT2D eigenvalue weighted by atomic mass is 35.5. The van der Waals surface area contributed by atoms with Crippen LogP contribution in [0.1, 0.15) is 35.1 Å². The molecule has 0 bridgehead atoms. The molecule has 2 aromatic rings. The molecule has 0 amide bonds. The largest absolute Gasteiger partial charge is 0.294 e. The molecular weight excluding hydrogens is 350 g/mol. The molecule has 0 radical (unpaired) electrons. The second-order valence-electron chi connectivity index (χ2n) is 5.95. The van der Waals surface area contributed by atoms with E-state index in [1.54, 1.807) is 6.92 Å². The maximum atomic E-state index is 12.4. The van der Waals surface area contributed by atoms with Crippen molar-refractivity contribution in [1.82, 2.24) is 9.97 Å². The van der Waals surface area contributed by atoms with Crippen molar-refractivity contribution in [2.75, 3.05) is 4.72 Å². The van der Waals surface area contributed by atoms with Crippen LogP contribution in [0.4, 0.5) is 5.95 Å². The maximum absolute atomic E-state index is 12.4. The van der Waals surface area contributed by atoms with Crippen molar-refractivity contribution in [3.8, 4) is 0 Å². The monoisotopic (exact) mass is 365 g/mol. The van der Waals surface area contributed by atoms with Gasteiger partial charge in [-0.3, -0.25) is 4.79 Å². The van der Waals surface area contributed by atoms with Crippen LogP contribution in [0, 0.1) is 12.8 Å². The zero-order chi connectivity index (χ0) is 17.5. The highest BCUT2D eigenvalue weighted by molar-refractivity contribution is 7.92. The minimum absolute atomic E-state index is 0.00774. The summed E-state index contributed by atoms with van der Waals surface area (Å²) in [6.07, 6.45) is 1.09. The fourth-order valence-electron chi connectivity index (χ4n) is 2.80. The van der Waals surface area contributed by atoms with Gasteiger partial charge in [-0.2, -0.15) is 0 Å². The normalized spacial score (nSPS) is 17.5. The molecule has 3 rings (SSSR count). The Morgan fingerprint density at radius 2 is 1.83 bits per heavy atom. The lowest BCUT2D eigenvalue weighted by Crippen LogP contribution is -2.23. The molecular formula is C16H16ClN3O3S. The van der Waals surface area contributed by atoms with Gasteiger partial charge in [-0.25, -0.2) is 23.1 Å². The lowest BCUT2D eigenvalue weighted by molar-refractivity contribution is 0.0951. The van der Waals surface area contributed by atoms with Crippen LogP contribution >= 0.6 is 11.6 Å². The molecule has 0 saturated heterocycles. The Balaban J connectivity index is 1.96. The van der Waals surface area contributed by atoms with Gasteiger partial charge < -0.3 is 0 Å². The summed E-state index contributed by atoms with van der Waals surface area (Å²) in [5.41, 5.74) is 1.60. The lowest BCUT2D eigenvalue weighted by Gasteiger charge is -2.21. The van der Waals surface area contributed by atoms with E-state index in [0.29, 0.717) is 34.8 Å². The number of fused-ring (bicyclic) bond motifs is 1. The van der Waals surface area contributed by atoms with Crippen LogP contribution in [0.3, 0.4) is 0 Å². The first-order valence-electron chi connectivity index (χ1n) is 7.45. The average Bonchev–Trinajstić information content (AvgIpc) is 2.45. The van der Waals surface area contributed by atoms with Crippen LogP contribution in [-0.2, 0) is 16.4 Å². The van der Waals surface area contributed by atoms with E-state index in [1.165, 1.54) is 24.3 Å². The number of sulfonamides is 1. The first kappa shape index (κ1) is 16.9. The van der Waals surface area contributed by atoms with Gasteiger partial charge in [0, 0.05) is 11.4 Å². The van der Waals surface area contributed by atoms with E-state index in [1.807, 2.05) is 6.92 Å². The second kappa shape index (κ2) is 6.14. The molecule has 126 valence electrons. The van der Waals surface area contributed by atoms with Crippen LogP contribution in [0.2, 0.25) is 5.02 Å². The highest BCUT2D eigenvalue weighted by Crippen LogP contribution is 2.27. The third-order valence-corrected chi connectivity index (χ3v) is 5.46. The Morgan fingerprint density at radius 3 is 2.50 bits per heavy atom. The predicted molar refractivity (Wildman–Crippen MR) is 90.8 cm³/mol. The van der Waals surface area contributed by atoms with Gasteiger partial charge in [0.25, 0.3) is 10.0 Å². The number of nitrogens with zero attached hydrogens (tertiary/aromatic N) is 2. The quantitative estimate of drug-likeness (QED) is 0.903. The van der Waals surface area contributed by atoms with Gasteiger partial charge >= 0.3 is 0 Å². The first-order chi connectivity index (χ1) is 11.3. The van der Waals surface area contributed by atoms with E-state index >= 15 is 0 Å². The number of nitrogens with one attached hydrogen (secondary N) is 1. The van der Waals surface area contributed by atoms with Gasteiger partial charge in [0.05, 0.1) is 21.8 Å². The summed E-state index contributed by atoms with van der Waals surface area (Å²) in [7, 11) is -3.82. The van der Waals surface area contributed by atoms with Crippen LogP contribution in [0.15, 0.2) is 29.2 Å². The van der Waals surface area contributed by atoms with E-state index in [0.717, 1.165) is 0 Å². The fourth-order valence-corrected chi connectivity index (χ4v) is 3.87. The Kier molecular flexibility index (Phi) is 4.31. The molecule has 0 saturated carbocycles. The number of aryl methyl sites for hydroxylation is 1. The van der Waals surface area contributed by atoms with Crippen molar-refractivity contribution in [1.29, 1.82) is 0 Å². The number of anilines is 1. The van der Waals surface area contributed by atoms with Gasteiger partial charge in [0.2, 0.25) is 5.95 Å². The highest BCUT2D eigenvalue weighted by Gasteiger charge is 2.27. The molecule has 1 N–H and O–H groups in total. The molecule has 1 heterocycles. The Bertz CT molecular complexity index is 911. The topological polar surface area (TPSA) is 89.0 Å². The van der Waals surface area contributed by atoms with E-state index in [9.17, 15) is 13.2 Å². The summed E-state index contributed by atoms with van der Waals surface area (Å²) in [5.74, 6) is 0.163. The third kappa shape index (κ3) is 3.27. The van der Waals surface area contributed by atoms with Crippen LogP contribution < -0.4 is 4.72 Å². The number of Topliss-reactive ketones (excluding diaryl/α,β-unsaturated/α-hetero) is 1. The van der Waals surface area contributed by atoms with Crippen LogP contribution in [0.5, 0.6) is 0 Å². The molecule has 0 aliphatic heterocycles. The Labute approximate surface area is 145 Å². The number of carbonyl (C=O) groups is 1. The van der Waals surface area contributed by atoms with Crippen molar-refractivity contribution in [2.45, 2.75) is 31.6 Å². The smallest absolute Gasteiger partial charge is 0.264 e. The Hall–Kier alpha value is -1.99.